The predicted octanol–water partition coefficient (Wildman–Crippen LogP) is 3.46. The molecule has 1 atom stereocenters. The third kappa shape index (κ3) is 5.29. The van der Waals surface area contributed by atoms with Gasteiger partial charge >= 0.3 is 0 Å². The Morgan fingerprint density at radius 3 is 2.37 bits per heavy atom. The molecule has 0 saturated heterocycles. The lowest BCUT2D eigenvalue weighted by Gasteiger charge is -2.34. The molecule has 1 aliphatic heterocycles. The van der Waals surface area contributed by atoms with E-state index in [-0.39, 0.29) is 40.3 Å². The summed E-state index contributed by atoms with van der Waals surface area (Å²) in [6.07, 6.45) is 0.624. The van der Waals surface area contributed by atoms with Crippen LogP contribution in [0.5, 0.6) is 23.0 Å². The number of halogens is 2. The van der Waals surface area contributed by atoms with Crippen LogP contribution in [0.2, 0.25) is 0 Å². The number of rotatable bonds is 8. The number of ether oxygens (including phenoxy) is 4. The molecule has 0 fully saturated rings. The number of nitrogens with two attached hydrogens (primary N) is 1. The molecule has 11 heteroatoms. The topological polar surface area (TPSA) is 119 Å². The second kappa shape index (κ2) is 9.92. The van der Waals surface area contributed by atoms with Crippen LogP contribution in [0, 0.1) is 5.41 Å². The van der Waals surface area contributed by atoms with Crippen molar-refractivity contribution in [3.8, 4) is 23.0 Å². The van der Waals surface area contributed by atoms with Gasteiger partial charge in [0.2, 0.25) is 17.4 Å². The van der Waals surface area contributed by atoms with E-state index in [4.69, 9.17) is 30.1 Å². The largest absolute Gasteiger partial charge is 0.493 e. The number of dihydropyridines is 1. The summed E-state index contributed by atoms with van der Waals surface area (Å²) in [4.78, 5) is 13.9. The third-order valence-corrected chi connectivity index (χ3v) is 5.06. The highest BCUT2D eigenvalue weighted by Crippen LogP contribution is 2.41. The average Bonchev–Trinajstić information content (AvgIpc) is 2.81. The second-order valence-electron chi connectivity index (χ2n) is 7.88. The highest BCUT2D eigenvalue weighted by molar-refractivity contribution is 5.95. The molecule has 35 heavy (non-hydrogen) atoms. The maximum atomic E-state index is 14.8. The van der Waals surface area contributed by atoms with E-state index in [1.807, 2.05) is 0 Å². The van der Waals surface area contributed by atoms with Crippen molar-refractivity contribution in [1.29, 1.82) is 5.41 Å². The van der Waals surface area contributed by atoms with Gasteiger partial charge in [-0.05, 0) is 24.3 Å². The van der Waals surface area contributed by atoms with Crippen LogP contribution in [-0.2, 0) is 0 Å². The molecule has 0 radical (unpaired) electrons. The van der Waals surface area contributed by atoms with Crippen molar-refractivity contribution in [3.63, 3.8) is 0 Å². The van der Waals surface area contributed by atoms with E-state index in [1.165, 1.54) is 50.3 Å². The number of hydrogen-bond acceptors (Lipinski definition) is 7. The van der Waals surface area contributed by atoms with E-state index in [0.29, 0.717) is 11.6 Å². The monoisotopic (exact) mass is 488 g/mol. The minimum absolute atomic E-state index is 0.0497. The number of benzene rings is 2. The molecular weight excluding hydrogens is 462 g/mol. The minimum atomic E-state index is -1.87. The molecule has 1 aliphatic rings. The number of carbonyl (C=O) groups is 1. The van der Waals surface area contributed by atoms with Crippen molar-refractivity contribution in [2.45, 2.75) is 12.6 Å². The van der Waals surface area contributed by atoms with Crippen LogP contribution in [0.4, 0.5) is 8.78 Å². The van der Waals surface area contributed by atoms with Gasteiger partial charge in [-0.2, -0.15) is 0 Å². The SMILES string of the molecule is COc1cc(C(=O)N(C)C)cc(OC2=C(F)C=C(F)C(C)(Oc3cccc(C(=N)N)c3)N2)c1OC. The summed E-state index contributed by atoms with van der Waals surface area (Å²) >= 11 is 0. The molecule has 1 heterocycles. The Balaban J connectivity index is 1.98. The van der Waals surface area contributed by atoms with Gasteiger partial charge < -0.3 is 34.9 Å². The number of amidine groups is 1. The Labute approximate surface area is 201 Å². The number of nitrogen functional groups attached to an aromatic ring is 1. The van der Waals surface area contributed by atoms with E-state index >= 15 is 0 Å². The molecule has 1 amide bonds. The molecule has 186 valence electrons. The molecule has 0 saturated carbocycles. The quantitative estimate of drug-likeness (QED) is 0.385. The molecule has 0 spiro atoms. The van der Waals surface area contributed by atoms with Crippen molar-refractivity contribution in [2.24, 2.45) is 5.73 Å². The number of hydrogen-bond donors (Lipinski definition) is 3. The van der Waals surface area contributed by atoms with Gasteiger partial charge in [-0.15, -0.1) is 0 Å². The summed E-state index contributed by atoms with van der Waals surface area (Å²) in [6.45, 7) is 1.33. The fourth-order valence-corrected chi connectivity index (χ4v) is 3.26. The van der Waals surface area contributed by atoms with Gasteiger partial charge in [0.1, 0.15) is 11.6 Å². The van der Waals surface area contributed by atoms with Gasteiger partial charge in [-0.1, -0.05) is 12.1 Å². The van der Waals surface area contributed by atoms with Crippen LogP contribution in [0.15, 0.2) is 60.0 Å². The molecule has 1 unspecified atom stereocenters. The van der Waals surface area contributed by atoms with Gasteiger partial charge in [0.25, 0.3) is 5.91 Å². The summed E-state index contributed by atoms with van der Waals surface area (Å²) in [5, 5.41) is 10.1. The van der Waals surface area contributed by atoms with Crippen molar-refractivity contribution >= 4 is 11.7 Å². The highest BCUT2D eigenvalue weighted by Gasteiger charge is 2.39. The van der Waals surface area contributed by atoms with Crippen LogP contribution >= 0.6 is 0 Å². The lowest BCUT2D eigenvalue weighted by Crippen LogP contribution is -2.50. The van der Waals surface area contributed by atoms with Gasteiger partial charge in [-0.25, -0.2) is 8.78 Å². The van der Waals surface area contributed by atoms with Crippen molar-refractivity contribution in [2.75, 3.05) is 28.3 Å². The zero-order chi connectivity index (χ0) is 25.9. The van der Waals surface area contributed by atoms with Gasteiger partial charge in [0, 0.05) is 38.2 Å². The normalized spacial score (nSPS) is 17.2. The number of amides is 1. The molecule has 0 aromatic heterocycles. The summed E-state index contributed by atoms with van der Waals surface area (Å²) in [7, 11) is 5.87. The van der Waals surface area contributed by atoms with E-state index in [9.17, 15) is 13.6 Å². The molecule has 0 bridgehead atoms. The number of allylic oxidation sites excluding steroid dienone is 2. The van der Waals surface area contributed by atoms with Crippen molar-refractivity contribution in [3.05, 3.63) is 71.1 Å². The van der Waals surface area contributed by atoms with Crippen LogP contribution in [-0.4, -0.2) is 50.7 Å². The van der Waals surface area contributed by atoms with E-state index in [0.717, 1.165) is 0 Å². The lowest BCUT2D eigenvalue weighted by molar-refractivity contribution is 0.0565. The first-order chi connectivity index (χ1) is 16.5. The molecular formula is C24H26F2N4O5. The number of nitrogens with one attached hydrogen (secondary N) is 2. The molecule has 2 aromatic carbocycles. The van der Waals surface area contributed by atoms with Crippen molar-refractivity contribution < 1.29 is 32.5 Å². The lowest BCUT2D eigenvalue weighted by atomic mass is 10.1. The Hall–Kier alpha value is -4.28. The third-order valence-electron chi connectivity index (χ3n) is 5.06. The standard InChI is InChI=1S/C24H26F2N4O5/c1-24(35-15-8-6-7-13(9-15)21(27)28)19(26)12-16(25)22(29-24)34-18-11-14(23(31)30(2)3)10-17(32-4)20(18)33-5/h6-12,29H,1-5H3,(H3,27,28). The maximum absolute atomic E-state index is 14.8. The fourth-order valence-electron chi connectivity index (χ4n) is 3.26. The number of methoxy groups -OCH3 is 2. The highest BCUT2D eigenvalue weighted by atomic mass is 19.1. The minimum Gasteiger partial charge on any atom is -0.493 e. The summed E-state index contributed by atoms with van der Waals surface area (Å²) in [5.74, 6) is -2.65. The van der Waals surface area contributed by atoms with E-state index < -0.39 is 23.3 Å². The fraction of sp³-hybridized carbons (Fsp3) is 0.250. The van der Waals surface area contributed by atoms with Crippen LogP contribution in [0.25, 0.3) is 0 Å². The molecule has 3 rings (SSSR count). The van der Waals surface area contributed by atoms with E-state index in [2.05, 4.69) is 5.32 Å². The Bertz CT molecular complexity index is 1230. The predicted molar refractivity (Wildman–Crippen MR) is 125 cm³/mol. The summed E-state index contributed by atoms with van der Waals surface area (Å²) in [6, 6.07) is 8.97. The Morgan fingerprint density at radius 1 is 1.09 bits per heavy atom. The Morgan fingerprint density at radius 2 is 1.77 bits per heavy atom. The smallest absolute Gasteiger partial charge is 0.253 e. The molecule has 0 aliphatic carbocycles. The average molecular weight is 488 g/mol. The second-order valence-corrected chi connectivity index (χ2v) is 7.88. The number of carbonyl (C=O) groups excluding carboxylic acids is 1. The zero-order valence-electron chi connectivity index (χ0n) is 19.9. The zero-order valence-corrected chi connectivity index (χ0v) is 19.9. The van der Waals surface area contributed by atoms with Crippen LogP contribution < -0.4 is 30.0 Å². The van der Waals surface area contributed by atoms with Crippen molar-refractivity contribution in [1.82, 2.24) is 10.2 Å². The molecule has 9 nitrogen and oxygen atoms in total. The number of nitrogens with zero attached hydrogens (tertiary/aromatic N) is 1. The van der Waals surface area contributed by atoms with Gasteiger partial charge in [0.15, 0.2) is 23.2 Å². The Kier molecular flexibility index (Phi) is 7.18. The summed E-state index contributed by atoms with van der Waals surface area (Å²) < 4.78 is 51.7. The van der Waals surface area contributed by atoms with Crippen LogP contribution in [0.1, 0.15) is 22.8 Å². The first-order valence-electron chi connectivity index (χ1n) is 10.3. The van der Waals surface area contributed by atoms with Gasteiger partial charge in [0.05, 0.1) is 14.2 Å². The van der Waals surface area contributed by atoms with Gasteiger partial charge in [-0.3, -0.25) is 10.2 Å². The molecule has 4 N–H and O–H groups in total. The first-order valence-corrected chi connectivity index (χ1v) is 10.3. The molecule has 2 aromatic rings. The summed E-state index contributed by atoms with van der Waals surface area (Å²) in [5.41, 5.74) is 4.20. The maximum Gasteiger partial charge on any atom is 0.253 e. The van der Waals surface area contributed by atoms with E-state index in [1.54, 1.807) is 26.2 Å². The first kappa shape index (κ1) is 25.3. The van der Waals surface area contributed by atoms with Crippen LogP contribution in [0.3, 0.4) is 0 Å².